The summed E-state index contributed by atoms with van der Waals surface area (Å²) in [4.78, 5) is 26.4. The summed E-state index contributed by atoms with van der Waals surface area (Å²) in [7, 11) is 0. The molecule has 6 aromatic heterocycles. The summed E-state index contributed by atoms with van der Waals surface area (Å²) in [6.45, 7) is 0. The van der Waals surface area contributed by atoms with Crippen LogP contribution < -0.4 is 0 Å². The first-order valence-corrected chi connectivity index (χ1v) is 22.3. The normalized spacial score (nSPS) is 10.8. The Balaban J connectivity index is 0.000000163. The van der Waals surface area contributed by atoms with Crippen LogP contribution in [0.5, 0.6) is 0 Å². The Morgan fingerprint density at radius 2 is 0.406 bits per heavy atom. The number of hydrogen-bond acceptors (Lipinski definition) is 6. The van der Waals surface area contributed by atoms with E-state index in [1.165, 1.54) is 22.3 Å². The molecule has 0 saturated heterocycles. The summed E-state index contributed by atoms with van der Waals surface area (Å²) in [5.74, 6) is 0. The summed E-state index contributed by atoms with van der Waals surface area (Å²) in [6.07, 6.45) is 27.6. The maximum Gasteiger partial charge on any atom is 0.0892 e. The average molecular weight is 978 g/mol. The molecule has 0 amide bonds. The fraction of sp³-hybridized carbons (Fsp3) is 0. The number of pyridine rings is 6. The van der Waals surface area contributed by atoms with Crippen LogP contribution >= 0.6 is 0 Å². The van der Waals surface area contributed by atoms with Crippen LogP contribution in [0.2, 0.25) is 0 Å². The van der Waals surface area contributed by atoms with Crippen molar-refractivity contribution in [2.75, 3.05) is 0 Å². The zero-order valence-corrected chi connectivity index (χ0v) is 39.5. The van der Waals surface area contributed by atoms with Crippen molar-refractivity contribution in [3.05, 3.63) is 288 Å². The molecule has 69 heavy (non-hydrogen) atoms. The minimum absolute atomic E-state index is 0. The Morgan fingerprint density at radius 3 is 0.638 bits per heavy atom. The molecule has 0 atom stereocenters. The van der Waals surface area contributed by atoms with E-state index in [1.807, 2.05) is 158 Å². The molecule has 0 bridgehead atoms. The van der Waals surface area contributed by atoms with Gasteiger partial charge in [0.15, 0.2) is 0 Å². The third-order valence-corrected chi connectivity index (χ3v) is 10.3. The van der Waals surface area contributed by atoms with Gasteiger partial charge in [-0.05, 0) is 117 Å². The Hall–Kier alpha value is -8.64. The second kappa shape index (κ2) is 26.5. The van der Waals surface area contributed by atoms with Gasteiger partial charge in [-0.3, -0.25) is 29.9 Å². The number of nitrogens with zero attached hydrogens (tertiary/aromatic N) is 6. The van der Waals surface area contributed by atoms with Crippen molar-refractivity contribution in [2.24, 2.45) is 0 Å². The summed E-state index contributed by atoms with van der Waals surface area (Å²) in [5.41, 5.74) is 14.4. The van der Waals surface area contributed by atoms with Crippen molar-refractivity contribution in [3.8, 4) is 34.2 Å². The number of hydrogen-bond donors (Lipinski definition) is 0. The predicted molar refractivity (Wildman–Crippen MR) is 284 cm³/mol. The van der Waals surface area contributed by atoms with E-state index in [2.05, 4.69) is 151 Å². The van der Waals surface area contributed by atoms with E-state index in [9.17, 15) is 0 Å². The number of benzene rings is 4. The molecule has 0 unspecified atom stereocenters. The van der Waals surface area contributed by atoms with Gasteiger partial charge in [0, 0.05) is 56.7 Å². The summed E-state index contributed by atoms with van der Waals surface area (Å²) in [5, 5.41) is 0. The molecule has 0 spiro atoms. The van der Waals surface area contributed by atoms with Crippen molar-refractivity contribution in [2.45, 2.75) is 0 Å². The molecule has 10 aromatic rings. The molecular weight excluding hydrogens is 930 g/mol. The van der Waals surface area contributed by atoms with Crippen LogP contribution in [0.15, 0.2) is 243 Å². The second-order valence-electron chi connectivity index (χ2n) is 15.3. The van der Waals surface area contributed by atoms with Gasteiger partial charge in [-0.2, -0.15) is 0 Å². The molecule has 7 heteroatoms. The molecule has 0 aliphatic heterocycles. The molecule has 0 N–H and O–H groups in total. The molecule has 0 aliphatic rings. The Labute approximate surface area is 417 Å². The summed E-state index contributed by atoms with van der Waals surface area (Å²) in [6, 6.07) is 68.9. The SMILES string of the molecule is C(=C\c1ccnc(-c2cc(/C=C/c3ccccc3)ccn2)c1)/c1ccccc1.C(=C\c1ccnc(-c2cc(/C=C/c3ccccc3)ccn2)c1)/c1ccccc1.[Ru].c1ccc(-c2ccccn2)nc1. The number of rotatable bonds is 11. The van der Waals surface area contributed by atoms with E-state index in [4.69, 9.17) is 0 Å². The standard InChI is InChI=1S/2C26H20N2.C10H8N2.Ru/c2*1-3-7-21(8-4-1)11-13-23-15-17-27-25(19-23)26-20-24(16-18-28-26)14-12-22-9-5-2-6-10-22;1-3-7-11-9(5-1)10-6-2-4-8-12-10;/h2*1-20H;1-8H;/b2*13-11+,14-12+;;. The Bertz CT molecular complexity index is 2800. The van der Waals surface area contributed by atoms with E-state index < -0.39 is 0 Å². The van der Waals surface area contributed by atoms with Crippen molar-refractivity contribution in [1.29, 1.82) is 0 Å². The largest absolute Gasteiger partial charge is 0.255 e. The zero-order chi connectivity index (χ0) is 46.3. The molecule has 0 radical (unpaired) electrons. The summed E-state index contributed by atoms with van der Waals surface area (Å²) >= 11 is 0. The molecule has 0 aliphatic carbocycles. The zero-order valence-electron chi connectivity index (χ0n) is 37.7. The van der Waals surface area contributed by atoms with Crippen LogP contribution in [0, 0.1) is 0 Å². The van der Waals surface area contributed by atoms with E-state index >= 15 is 0 Å². The minimum atomic E-state index is 0. The third-order valence-electron chi connectivity index (χ3n) is 10.3. The topological polar surface area (TPSA) is 77.3 Å². The molecule has 0 fully saturated rings. The second-order valence-corrected chi connectivity index (χ2v) is 15.3. The van der Waals surface area contributed by atoms with Crippen molar-refractivity contribution >= 4 is 48.6 Å². The Morgan fingerprint density at radius 1 is 0.188 bits per heavy atom. The monoisotopic (exact) mass is 978 g/mol. The van der Waals surface area contributed by atoms with E-state index in [0.717, 1.165) is 56.4 Å². The van der Waals surface area contributed by atoms with Gasteiger partial charge in [-0.1, -0.05) is 182 Å². The first-order chi connectivity index (χ1) is 33.7. The fourth-order valence-corrected chi connectivity index (χ4v) is 6.82. The molecule has 334 valence electrons. The van der Waals surface area contributed by atoms with E-state index in [0.29, 0.717) is 0 Å². The van der Waals surface area contributed by atoms with Gasteiger partial charge in [0.2, 0.25) is 0 Å². The maximum absolute atomic E-state index is 4.50. The van der Waals surface area contributed by atoms with Gasteiger partial charge < -0.3 is 0 Å². The van der Waals surface area contributed by atoms with Gasteiger partial charge in [0.25, 0.3) is 0 Å². The van der Waals surface area contributed by atoms with E-state index in [-0.39, 0.29) is 19.5 Å². The smallest absolute Gasteiger partial charge is 0.0892 e. The van der Waals surface area contributed by atoms with Gasteiger partial charge in [0.05, 0.1) is 34.2 Å². The molecular formula is C62H48N6Ru. The molecule has 10 rings (SSSR count). The first-order valence-electron chi connectivity index (χ1n) is 22.3. The fourth-order valence-electron chi connectivity index (χ4n) is 6.82. The molecule has 0 saturated carbocycles. The van der Waals surface area contributed by atoms with Crippen LogP contribution in [0.25, 0.3) is 82.8 Å². The molecule has 6 nitrogen and oxygen atoms in total. The first kappa shape index (κ1) is 48.3. The van der Waals surface area contributed by atoms with Crippen LogP contribution in [-0.2, 0) is 19.5 Å². The van der Waals surface area contributed by atoms with Crippen LogP contribution in [0.4, 0.5) is 0 Å². The third kappa shape index (κ3) is 15.8. The van der Waals surface area contributed by atoms with Gasteiger partial charge >= 0.3 is 0 Å². The van der Waals surface area contributed by atoms with Crippen LogP contribution in [0.1, 0.15) is 44.5 Å². The van der Waals surface area contributed by atoms with E-state index in [1.54, 1.807) is 12.4 Å². The van der Waals surface area contributed by atoms with Crippen molar-refractivity contribution in [3.63, 3.8) is 0 Å². The molecule has 6 heterocycles. The van der Waals surface area contributed by atoms with Crippen molar-refractivity contribution in [1.82, 2.24) is 29.9 Å². The maximum atomic E-state index is 4.50. The summed E-state index contributed by atoms with van der Waals surface area (Å²) < 4.78 is 0. The quantitative estimate of drug-likeness (QED) is 0.120. The predicted octanol–water partition coefficient (Wildman–Crippen LogP) is 15.1. The van der Waals surface area contributed by atoms with Crippen molar-refractivity contribution < 1.29 is 19.5 Å². The number of aromatic nitrogens is 6. The van der Waals surface area contributed by atoms with Gasteiger partial charge in [-0.15, -0.1) is 0 Å². The minimum Gasteiger partial charge on any atom is -0.255 e. The van der Waals surface area contributed by atoms with Gasteiger partial charge in [-0.25, -0.2) is 0 Å². The Kier molecular flexibility index (Phi) is 18.5. The average Bonchev–Trinajstić information content (AvgIpc) is 3.43. The van der Waals surface area contributed by atoms with Crippen LogP contribution in [-0.4, -0.2) is 29.9 Å². The van der Waals surface area contributed by atoms with Crippen LogP contribution in [0.3, 0.4) is 0 Å². The van der Waals surface area contributed by atoms with Gasteiger partial charge in [0.1, 0.15) is 0 Å². The molecule has 4 aromatic carbocycles.